The number of nitrogens with zero attached hydrogens (tertiary/aromatic N) is 3. The summed E-state index contributed by atoms with van der Waals surface area (Å²) in [6.07, 6.45) is -4.87. The third-order valence-electron chi connectivity index (χ3n) is 3.73. The fraction of sp³-hybridized carbons (Fsp3) is 0.263. The Morgan fingerprint density at radius 1 is 1.23 bits per heavy atom. The second-order valence-electron chi connectivity index (χ2n) is 6.42. The van der Waals surface area contributed by atoms with Crippen LogP contribution in [0.2, 0.25) is 0 Å². The minimum Gasteiger partial charge on any atom is -0.462 e. The van der Waals surface area contributed by atoms with E-state index in [2.05, 4.69) is 15.4 Å². The van der Waals surface area contributed by atoms with Crippen molar-refractivity contribution in [1.29, 1.82) is 0 Å². The number of esters is 1. The number of hydrogen-bond acceptors (Lipinski definition) is 6. The molecule has 0 bridgehead atoms. The fourth-order valence-electron chi connectivity index (χ4n) is 2.50. The van der Waals surface area contributed by atoms with Crippen molar-refractivity contribution in [3.05, 3.63) is 53.2 Å². The molecular formula is C19H17F3N4O3S. The van der Waals surface area contributed by atoms with E-state index in [1.54, 1.807) is 31.4 Å². The van der Waals surface area contributed by atoms with Gasteiger partial charge in [0.05, 0.1) is 22.2 Å². The van der Waals surface area contributed by atoms with Gasteiger partial charge in [-0.1, -0.05) is 12.1 Å². The summed E-state index contributed by atoms with van der Waals surface area (Å²) >= 11 is 1.29. The van der Waals surface area contributed by atoms with Crippen LogP contribution in [0.25, 0.3) is 16.4 Å². The first-order valence-electron chi connectivity index (χ1n) is 8.81. The van der Waals surface area contributed by atoms with Crippen molar-refractivity contribution in [1.82, 2.24) is 20.1 Å². The van der Waals surface area contributed by atoms with Crippen molar-refractivity contribution in [3.63, 3.8) is 0 Å². The summed E-state index contributed by atoms with van der Waals surface area (Å²) in [5, 5.41) is 8.19. The smallest absolute Gasteiger partial charge is 0.416 e. The monoisotopic (exact) mass is 438 g/mol. The number of carbonyl (C=O) groups is 2. The molecule has 3 aromatic rings. The second kappa shape index (κ2) is 8.66. The predicted molar refractivity (Wildman–Crippen MR) is 103 cm³/mol. The zero-order valence-corrected chi connectivity index (χ0v) is 16.8. The number of halogens is 3. The van der Waals surface area contributed by atoms with Crippen LogP contribution in [-0.2, 0) is 15.7 Å². The summed E-state index contributed by atoms with van der Waals surface area (Å²) in [6, 6.07) is 8.00. The van der Waals surface area contributed by atoms with Crippen LogP contribution in [-0.4, -0.2) is 39.3 Å². The summed E-state index contributed by atoms with van der Waals surface area (Å²) in [6.45, 7) is 2.96. The lowest BCUT2D eigenvalue weighted by molar-refractivity contribution is -0.146. The van der Waals surface area contributed by atoms with E-state index in [0.717, 1.165) is 12.1 Å². The molecule has 3 rings (SSSR count). The zero-order valence-electron chi connectivity index (χ0n) is 15.9. The minimum absolute atomic E-state index is 0.0963. The Morgan fingerprint density at radius 3 is 2.63 bits per heavy atom. The largest absolute Gasteiger partial charge is 0.462 e. The lowest BCUT2D eigenvalue weighted by Crippen LogP contribution is -2.32. The number of ether oxygens (including phenoxy) is 1. The van der Waals surface area contributed by atoms with E-state index in [9.17, 15) is 22.8 Å². The molecule has 0 radical (unpaired) electrons. The van der Waals surface area contributed by atoms with E-state index in [1.165, 1.54) is 28.2 Å². The first-order valence-corrected chi connectivity index (χ1v) is 9.69. The van der Waals surface area contributed by atoms with Crippen LogP contribution >= 0.6 is 11.3 Å². The van der Waals surface area contributed by atoms with Crippen LogP contribution in [0.3, 0.4) is 0 Å². The van der Waals surface area contributed by atoms with Gasteiger partial charge in [-0.2, -0.15) is 13.2 Å². The highest BCUT2D eigenvalue weighted by Crippen LogP contribution is 2.32. The van der Waals surface area contributed by atoms with E-state index in [1.807, 2.05) is 0 Å². The summed E-state index contributed by atoms with van der Waals surface area (Å²) in [5.41, 5.74) is -0.756. The van der Waals surface area contributed by atoms with Crippen molar-refractivity contribution in [3.8, 4) is 16.4 Å². The third-order valence-corrected chi connectivity index (χ3v) is 4.60. The van der Waals surface area contributed by atoms with Gasteiger partial charge in [-0.25, -0.2) is 9.67 Å². The maximum Gasteiger partial charge on any atom is 0.416 e. The molecule has 0 spiro atoms. The molecule has 0 aliphatic carbocycles. The molecule has 7 nitrogen and oxygen atoms in total. The predicted octanol–water partition coefficient (Wildman–Crippen LogP) is 3.70. The molecule has 0 unspecified atom stereocenters. The molecule has 0 fully saturated rings. The van der Waals surface area contributed by atoms with Gasteiger partial charge in [-0.3, -0.25) is 9.59 Å². The number of hydrogen-bond donors (Lipinski definition) is 1. The molecule has 1 N–H and O–H groups in total. The summed E-state index contributed by atoms with van der Waals surface area (Å²) in [7, 11) is 0. The average Bonchev–Trinajstić information content (AvgIpc) is 3.34. The SMILES string of the molecule is CC(C)OC(=O)CNC(=O)c1nc(-c2cccs2)n(-c2cccc(C(F)(F)F)c2)n1. The van der Waals surface area contributed by atoms with Crippen LogP contribution in [0, 0.1) is 0 Å². The molecule has 1 aromatic carbocycles. The molecule has 30 heavy (non-hydrogen) atoms. The molecule has 11 heteroatoms. The van der Waals surface area contributed by atoms with Gasteiger partial charge >= 0.3 is 12.1 Å². The Morgan fingerprint density at radius 2 is 2.00 bits per heavy atom. The quantitative estimate of drug-likeness (QED) is 0.593. The summed E-state index contributed by atoms with van der Waals surface area (Å²) < 4.78 is 45.4. The number of carbonyl (C=O) groups excluding carboxylic acids is 2. The van der Waals surface area contributed by atoms with Gasteiger partial charge in [0.1, 0.15) is 6.54 Å². The molecule has 0 saturated heterocycles. The van der Waals surface area contributed by atoms with Crippen LogP contribution in [0.15, 0.2) is 41.8 Å². The number of alkyl halides is 3. The number of aromatic nitrogens is 3. The van der Waals surface area contributed by atoms with E-state index in [4.69, 9.17) is 4.74 Å². The Bertz CT molecular complexity index is 1050. The van der Waals surface area contributed by atoms with E-state index < -0.39 is 23.6 Å². The van der Waals surface area contributed by atoms with Crippen LogP contribution in [0.5, 0.6) is 0 Å². The normalized spacial score (nSPS) is 11.5. The lowest BCUT2D eigenvalue weighted by Gasteiger charge is -2.09. The molecule has 158 valence electrons. The van der Waals surface area contributed by atoms with Crippen molar-refractivity contribution < 1.29 is 27.5 Å². The minimum atomic E-state index is -4.53. The van der Waals surface area contributed by atoms with Gasteiger partial charge in [-0.05, 0) is 43.5 Å². The Balaban J connectivity index is 1.93. The average molecular weight is 438 g/mol. The molecule has 0 aliphatic rings. The Kier molecular flexibility index (Phi) is 6.20. The molecular weight excluding hydrogens is 421 g/mol. The first-order chi connectivity index (χ1) is 14.1. The van der Waals surface area contributed by atoms with Gasteiger partial charge in [0, 0.05) is 0 Å². The van der Waals surface area contributed by atoms with E-state index >= 15 is 0 Å². The van der Waals surface area contributed by atoms with Gasteiger partial charge in [0.25, 0.3) is 5.91 Å². The number of rotatable bonds is 6. The van der Waals surface area contributed by atoms with Crippen LogP contribution in [0.1, 0.15) is 30.0 Å². The second-order valence-corrected chi connectivity index (χ2v) is 7.37. The van der Waals surface area contributed by atoms with Gasteiger partial charge in [0.15, 0.2) is 5.82 Å². The van der Waals surface area contributed by atoms with Crippen LogP contribution < -0.4 is 5.32 Å². The van der Waals surface area contributed by atoms with Gasteiger partial charge < -0.3 is 10.1 Å². The molecule has 1 amide bonds. The molecule has 0 aliphatic heterocycles. The topological polar surface area (TPSA) is 86.1 Å². The van der Waals surface area contributed by atoms with E-state index in [0.29, 0.717) is 4.88 Å². The molecule has 2 heterocycles. The molecule has 0 atom stereocenters. The highest BCUT2D eigenvalue weighted by atomic mass is 32.1. The summed E-state index contributed by atoms with van der Waals surface area (Å²) in [5.74, 6) is -1.46. The number of benzene rings is 1. The Labute approximate surface area is 173 Å². The van der Waals surface area contributed by atoms with Crippen LogP contribution in [0.4, 0.5) is 13.2 Å². The highest BCUT2D eigenvalue weighted by molar-refractivity contribution is 7.13. The molecule has 2 aromatic heterocycles. The fourth-order valence-corrected chi connectivity index (χ4v) is 3.20. The number of amides is 1. The van der Waals surface area contributed by atoms with Crippen molar-refractivity contribution in [2.75, 3.05) is 6.54 Å². The number of nitrogens with one attached hydrogen (secondary N) is 1. The van der Waals surface area contributed by atoms with Gasteiger partial charge in [-0.15, -0.1) is 16.4 Å². The highest BCUT2D eigenvalue weighted by Gasteiger charge is 2.31. The maximum absolute atomic E-state index is 13.1. The third kappa shape index (κ3) is 5.03. The standard InChI is InChI=1S/C19H17F3N4O3S/c1-11(2)29-15(27)10-23-18(28)16-24-17(14-7-4-8-30-14)26(25-16)13-6-3-5-12(9-13)19(20,21)22/h3-9,11H,10H2,1-2H3,(H,23,28). The zero-order chi connectivity index (χ0) is 21.9. The van der Waals surface area contributed by atoms with Crippen molar-refractivity contribution in [2.24, 2.45) is 0 Å². The lowest BCUT2D eigenvalue weighted by atomic mass is 10.2. The maximum atomic E-state index is 13.1. The van der Waals surface area contributed by atoms with Crippen molar-refractivity contribution >= 4 is 23.2 Å². The van der Waals surface area contributed by atoms with Gasteiger partial charge in [0.2, 0.25) is 5.82 Å². The van der Waals surface area contributed by atoms with Crippen molar-refractivity contribution in [2.45, 2.75) is 26.1 Å². The Hall–Kier alpha value is -3.21. The summed E-state index contributed by atoms with van der Waals surface area (Å²) in [4.78, 5) is 28.8. The number of thiophene rings is 1. The molecule has 0 saturated carbocycles. The van der Waals surface area contributed by atoms with E-state index in [-0.39, 0.29) is 30.0 Å². The first kappa shape index (κ1) is 21.5.